The Labute approximate surface area is 127 Å². The highest BCUT2D eigenvalue weighted by Crippen LogP contribution is 2.20. The van der Waals surface area contributed by atoms with Gasteiger partial charge in [-0.25, -0.2) is 18.1 Å². The van der Waals surface area contributed by atoms with Crippen LogP contribution < -0.4 is 4.72 Å². The molecule has 20 heavy (non-hydrogen) atoms. The SMILES string of the molecule is Cc1ccc(CC(C)NS(=O)(=O)c2cccnc2Cl)s1. The zero-order chi connectivity index (χ0) is 14.8. The monoisotopic (exact) mass is 330 g/mol. The minimum Gasteiger partial charge on any atom is -0.243 e. The Balaban J connectivity index is 2.10. The molecule has 0 spiro atoms. The molecule has 1 N–H and O–H groups in total. The lowest BCUT2D eigenvalue weighted by Gasteiger charge is -2.13. The average Bonchev–Trinajstić information content (AvgIpc) is 2.74. The fourth-order valence-electron chi connectivity index (χ4n) is 1.84. The van der Waals surface area contributed by atoms with Gasteiger partial charge >= 0.3 is 0 Å². The molecule has 2 heterocycles. The van der Waals surface area contributed by atoms with Crippen molar-refractivity contribution in [1.29, 1.82) is 0 Å². The van der Waals surface area contributed by atoms with Gasteiger partial charge in [0.25, 0.3) is 0 Å². The van der Waals surface area contributed by atoms with Gasteiger partial charge < -0.3 is 0 Å². The lowest BCUT2D eigenvalue weighted by atomic mass is 10.2. The molecule has 0 aromatic carbocycles. The molecule has 0 radical (unpaired) electrons. The normalized spacial score (nSPS) is 13.3. The van der Waals surface area contributed by atoms with E-state index in [0.717, 1.165) is 4.88 Å². The van der Waals surface area contributed by atoms with Crippen LogP contribution in [0.4, 0.5) is 0 Å². The van der Waals surface area contributed by atoms with Crippen molar-refractivity contribution < 1.29 is 8.42 Å². The van der Waals surface area contributed by atoms with Gasteiger partial charge in [-0.2, -0.15) is 0 Å². The number of hydrogen-bond donors (Lipinski definition) is 1. The molecular formula is C13H15ClN2O2S2. The van der Waals surface area contributed by atoms with Crippen LogP contribution >= 0.6 is 22.9 Å². The van der Waals surface area contributed by atoms with Crippen molar-refractivity contribution in [3.8, 4) is 0 Å². The maximum absolute atomic E-state index is 12.2. The van der Waals surface area contributed by atoms with Crippen molar-refractivity contribution in [2.45, 2.75) is 31.2 Å². The number of halogens is 1. The van der Waals surface area contributed by atoms with Crippen molar-refractivity contribution >= 4 is 33.0 Å². The summed E-state index contributed by atoms with van der Waals surface area (Å²) in [6.07, 6.45) is 2.11. The predicted octanol–water partition coefficient (Wildman–Crippen LogP) is 3.01. The third-order valence-corrected chi connectivity index (χ3v) is 5.73. The summed E-state index contributed by atoms with van der Waals surface area (Å²) in [5, 5.41) is -0.0147. The first-order chi connectivity index (χ1) is 9.38. The van der Waals surface area contributed by atoms with Crippen LogP contribution in [0.1, 0.15) is 16.7 Å². The molecule has 108 valence electrons. The lowest BCUT2D eigenvalue weighted by Crippen LogP contribution is -2.34. The summed E-state index contributed by atoms with van der Waals surface area (Å²) in [5.41, 5.74) is 0. The third kappa shape index (κ3) is 3.79. The van der Waals surface area contributed by atoms with E-state index >= 15 is 0 Å². The molecule has 1 unspecified atom stereocenters. The van der Waals surface area contributed by atoms with E-state index in [9.17, 15) is 8.42 Å². The Morgan fingerprint density at radius 1 is 1.40 bits per heavy atom. The summed E-state index contributed by atoms with van der Waals surface area (Å²) in [6.45, 7) is 3.86. The molecule has 2 aromatic heterocycles. The van der Waals surface area contributed by atoms with Gasteiger partial charge in [0, 0.05) is 22.0 Å². The van der Waals surface area contributed by atoms with E-state index in [1.54, 1.807) is 17.4 Å². The molecule has 4 nitrogen and oxygen atoms in total. The van der Waals surface area contributed by atoms with Crippen molar-refractivity contribution in [3.05, 3.63) is 45.4 Å². The van der Waals surface area contributed by atoms with E-state index in [-0.39, 0.29) is 16.1 Å². The van der Waals surface area contributed by atoms with Gasteiger partial charge in [-0.1, -0.05) is 11.6 Å². The van der Waals surface area contributed by atoms with Gasteiger partial charge in [-0.15, -0.1) is 11.3 Å². The largest absolute Gasteiger partial charge is 0.243 e. The first-order valence-electron chi connectivity index (χ1n) is 6.06. The minimum atomic E-state index is -3.64. The summed E-state index contributed by atoms with van der Waals surface area (Å²) < 4.78 is 27.1. The zero-order valence-corrected chi connectivity index (χ0v) is 13.5. The molecule has 7 heteroatoms. The molecule has 0 bridgehead atoms. The second-order valence-corrected chi connectivity index (χ2v) is 7.94. The molecule has 0 amide bonds. The molecule has 0 aliphatic heterocycles. The van der Waals surface area contributed by atoms with E-state index < -0.39 is 10.0 Å². The Morgan fingerprint density at radius 3 is 2.75 bits per heavy atom. The molecular weight excluding hydrogens is 316 g/mol. The number of nitrogens with one attached hydrogen (secondary N) is 1. The van der Waals surface area contributed by atoms with Crippen LogP contribution in [-0.2, 0) is 16.4 Å². The van der Waals surface area contributed by atoms with E-state index in [1.807, 2.05) is 26.0 Å². The topological polar surface area (TPSA) is 59.1 Å². The highest BCUT2D eigenvalue weighted by atomic mass is 35.5. The van der Waals surface area contributed by atoms with Crippen LogP contribution in [0.5, 0.6) is 0 Å². The zero-order valence-electron chi connectivity index (χ0n) is 11.1. The molecule has 0 saturated carbocycles. The highest BCUT2D eigenvalue weighted by molar-refractivity contribution is 7.89. The van der Waals surface area contributed by atoms with Gasteiger partial charge in [0.05, 0.1) is 0 Å². The highest BCUT2D eigenvalue weighted by Gasteiger charge is 2.21. The van der Waals surface area contributed by atoms with Gasteiger partial charge in [-0.05, 0) is 44.5 Å². The van der Waals surface area contributed by atoms with E-state index in [1.165, 1.54) is 17.1 Å². The van der Waals surface area contributed by atoms with Crippen molar-refractivity contribution in [1.82, 2.24) is 9.71 Å². The first-order valence-corrected chi connectivity index (χ1v) is 8.74. The van der Waals surface area contributed by atoms with E-state index in [4.69, 9.17) is 11.6 Å². The average molecular weight is 331 g/mol. The Hall–Kier alpha value is -0.950. The van der Waals surface area contributed by atoms with Crippen LogP contribution in [0, 0.1) is 6.92 Å². The summed E-state index contributed by atoms with van der Waals surface area (Å²) in [7, 11) is -3.64. The van der Waals surface area contributed by atoms with Gasteiger partial charge in [0.2, 0.25) is 10.0 Å². The molecule has 0 fully saturated rings. The van der Waals surface area contributed by atoms with Crippen LogP contribution in [0.3, 0.4) is 0 Å². The van der Waals surface area contributed by atoms with Gasteiger partial charge in [-0.3, -0.25) is 0 Å². The van der Waals surface area contributed by atoms with Crippen molar-refractivity contribution in [2.24, 2.45) is 0 Å². The summed E-state index contributed by atoms with van der Waals surface area (Å²) in [5.74, 6) is 0. The molecule has 1 atom stereocenters. The first kappa shape index (κ1) is 15.4. The second kappa shape index (κ2) is 6.22. The lowest BCUT2D eigenvalue weighted by molar-refractivity contribution is 0.560. The van der Waals surface area contributed by atoms with Crippen LogP contribution in [-0.4, -0.2) is 19.4 Å². The molecule has 0 saturated heterocycles. The number of pyridine rings is 1. The van der Waals surface area contributed by atoms with Crippen LogP contribution in [0.2, 0.25) is 5.15 Å². The Bertz CT molecular complexity index is 698. The fraction of sp³-hybridized carbons (Fsp3) is 0.308. The fourth-order valence-corrected chi connectivity index (χ4v) is 4.55. The summed E-state index contributed by atoms with van der Waals surface area (Å²) >= 11 is 7.50. The van der Waals surface area contributed by atoms with E-state index in [2.05, 4.69) is 9.71 Å². The number of rotatable bonds is 5. The smallest absolute Gasteiger partial charge is 0.243 e. The van der Waals surface area contributed by atoms with Crippen LogP contribution in [0.25, 0.3) is 0 Å². The standard InChI is InChI=1S/C13H15ClN2O2S2/c1-9(8-11-6-5-10(2)19-11)16-20(17,18)12-4-3-7-15-13(12)14/h3-7,9,16H,8H2,1-2H3. The Morgan fingerprint density at radius 2 is 2.15 bits per heavy atom. The predicted molar refractivity (Wildman–Crippen MR) is 81.8 cm³/mol. The summed E-state index contributed by atoms with van der Waals surface area (Å²) in [4.78, 5) is 6.16. The van der Waals surface area contributed by atoms with Crippen molar-refractivity contribution in [2.75, 3.05) is 0 Å². The number of aromatic nitrogens is 1. The number of hydrogen-bond acceptors (Lipinski definition) is 4. The number of aryl methyl sites for hydroxylation is 1. The maximum atomic E-state index is 12.2. The van der Waals surface area contributed by atoms with Crippen molar-refractivity contribution in [3.63, 3.8) is 0 Å². The van der Waals surface area contributed by atoms with E-state index in [0.29, 0.717) is 6.42 Å². The van der Waals surface area contributed by atoms with Gasteiger partial charge in [0.1, 0.15) is 10.0 Å². The Kier molecular flexibility index (Phi) is 4.80. The second-order valence-electron chi connectivity index (χ2n) is 4.53. The third-order valence-electron chi connectivity index (χ3n) is 2.67. The molecule has 2 rings (SSSR count). The van der Waals surface area contributed by atoms with Crippen LogP contribution in [0.15, 0.2) is 35.4 Å². The number of nitrogens with zero attached hydrogens (tertiary/aromatic N) is 1. The van der Waals surface area contributed by atoms with Gasteiger partial charge in [0.15, 0.2) is 0 Å². The number of sulfonamides is 1. The quantitative estimate of drug-likeness (QED) is 0.857. The molecule has 2 aromatic rings. The number of thiophene rings is 1. The molecule has 0 aliphatic rings. The molecule has 0 aliphatic carbocycles. The minimum absolute atomic E-state index is 0.0101. The summed E-state index contributed by atoms with van der Waals surface area (Å²) in [6, 6.07) is 6.82. The maximum Gasteiger partial charge on any atom is 0.243 e.